The quantitative estimate of drug-likeness (QED) is 0.556. The predicted molar refractivity (Wildman–Crippen MR) is 105 cm³/mol. The van der Waals surface area contributed by atoms with Gasteiger partial charge in [-0.1, -0.05) is 47.6 Å². The SMILES string of the molecule is CNC[C@H](O)c1ccc(OC(=O)CC(C)(C)C)c(OC(=O)CC(C)(C)C)c1. The lowest BCUT2D eigenvalue weighted by Gasteiger charge is -2.20. The number of hydrogen-bond donors (Lipinski definition) is 2. The Morgan fingerprint density at radius 3 is 1.89 bits per heavy atom. The van der Waals surface area contributed by atoms with E-state index in [1.54, 1.807) is 25.2 Å². The van der Waals surface area contributed by atoms with E-state index in [1.165, 1.54) is 0 Å². The normalized spacial score (nSPS) is 13.2. The first-order chi connectivity index (χ1) is 12.3. The van der Waals surface area contributed by atoms with Crippen molar-refractivity contribution < 1.29 is 24.2 Å². The summed E-state index contributed by atoms with van der Waals surface area (Å²) in [4.78, 5) is 24.5. The Hall–Kier alpha value is -1.92. The van der Waals surface area contributed by atoms with Crippen molar-refractivity contribution in [3.8, 4) is 11.5 Å². The monoisotopic (exact) mass is 379 g/mol. The zero-order chi connectivity index (χ0) is 20.8. The number of rotatable bonds is 7. The minimum absolute atomic E-state index is 0.138. The van der Waals surface area contributed by atoms with Crippen LogP contribution >= 0.6 is 0 Å². The van der Waals surface area contributed by atoms with E-state index in [9.17, 15) is 14.7 Å². The summed E-state index contributed by atoms with van der Waals surface area (Å²) in [7, 11) is 1.73. The van der Waals surface area contributed by atoms with Gasteiger partial charge in [0.05, 0.1) is 18.9 Å². The second-order valence-electron chi connectivity index (χ2n) is 9.20. The minimum atomic E-state index is -0.769. The van der Waals surface area contributed by atoms with Gasteiger partial charge in [-0.2, -0.15) is 0 Å². The van der Waals surface area contributed by atoms with E-state index >= 15 is 0 Å². The second-order valence-corrected chi connectivity index (χ2v) is 9.20. The molecule has 152 valence electrons. The smallest absolute Gasteiger partial charge is 0.311 e. The number of likely N-dealkylation sites (N-methyl/N-ethyl adjacent to an activating group) is 1. The molecule has 0 saturated carbocycles. The van der Waals surface area contributed by atoms with E-state index in [2.05, 4.69) is 5.32 Å². The maximum atomic E-state index is 12.3. The van der Waals surface area contributed by atoms with Gasteiger partial charge in [-0.25, -0.2) is 0 Å². The number of carbonyl (C=O) groups is 2. The molecule has 1 aromatic carbocycles. The molecule has 1 atom stereocenters. The summed E-state index contributed by atoms with van der Waals surface area (Å²) in [5.41, 5.74) is 0.116. The van der Waals surface area contributed by atoms with Crippen LogP contribution in [0, 0.1) is 10.8 Å². The number of benzene rings is 1. The average molecular weight is 379 g/mol. The first kappa shape index (κ1) is 23.1. The minimum Gasteiger partial charge on any atom is -0.423 e. The van der Waals surface area contributed by atoms with Crippen molar-refractivity contribution >= 4 is 11.9 Å². The topological polar surface area (TPSA) is 84.9 Å². The number of carbonyl (C=O) groups excluding carboxylic acids is 2. The molecule has 0 amide bonds. The number of hydrogen-bond acceptors (Lipinski definition) is 6. The number of esters is 2. The van der Waals surface area contributed by atoms with Gasteiger partial charge in [0.25, 0.3) is 0 Å². The lowest BCUT2D eigenvalue weighted by Crippen LogP contribution is -2.21. The van der Waals surface area contributed by atoms with Gasteiger partial charge in [-0.05, 0) is 35.6 Å². The highest BCUT2D eigenvalue weighted by Crippen LogP contribution is 2.33. The summed E-state index contributed by atoms with van der Waals surface area (Å²) in [6, 6.07) is 4.75. The zero-order valence-electron chi connectivity index (χ0n) is 17.5. The Kier molecular flexibility index (Phi) is 7.99. The molecular formula is C21H33NO5. The van der Waals surface area contributed by atoms with E-state index in [-0.39, 0.29) is 35.2 Å². The molecule has 0 unspecified atom stereocenters. The molecule has 0 fully saturated rings. The Morgan fingerprint density at radius 1 is 0.963 bits per heavy atom. The largest absolute Gasteiger partial charge is 0.423 e. The highest BCUT2D eigenvalue weighted by Gasteiger charge is 2.23. The van der Waals surface area contributed by atoms with Crippen LogP contribution in [0.2, 0.25) is 0 Å². The Bertz CT molecular complexity index is 656. The summed E-state index contributed by atoms with van der Waals surface area (Å²) in [5, 5.41) is 13.1. The van der Waals surface area contributed by atoms with Crippen molar-refractivity contribution in [2.45, 2.75) is 60.5 Å². The number of ether oxygens (including phenoxy) is 2. The Morgan fingerprint density at radius 2 is 1.44 bits per heavy atom. The molecule has 0 radical (unpaired) electrons. The van der Waals surface area contributed by atoms with Crippen LogP contribution in [0.1, 0.15) is 66.1 Å². The van der Waals surface area contributed by atoms with E-state index in [4.69, 9.17) is 9.47 Å². The molecule has 0 aliphatic rings. The lowest BCUT2D eigenvalue weighted by atomic mass is 9.92. The molecule has 0 spiro atoms. The van der Waals surface area contributed by atoms with Crippen LogP contribution in [0.5, 0.6) is 11.5 Å². The van der Waals surface area contributed by atoms with Crippen molar-refractivity contribution in [1.29, 1.82) is 0 Å². The van der Waals surface area contributed by atoms with Crippen molar-refractivity contribution in [2.75, 3.05) is 13.6 Å². The van der Waals surface area contributed by atoms with Gasteiger partial charge < -0.3 is 19.9 Å². The van der Waals surface area contributed by atoms with E-state index in [0.29, 0.717) is 12.1 Å². The average Bonchev–Trinajstić information content (AvgIpc) is 2.45. The summed E-state index contributed by atoms with van der Waals surface area (Å²) < 4.78 is 10.9. The fraction of sp³-hybridized carbons (Fsp3) is 0.619. The second kappa shape index (κ2) is 9.33. The standard InChI is InChI=1S/C21H33NO5/c1-20(2,3)11-18(24)26-16-9-8-14(15(23)13-22-7)10-17(16)27-19(25)12-21(4,5)6/h8-10,15,22-23H,11-13H2,1-7H3/t15-/m0/s1. The molecule has 0 aliphatic carbocycles. The maximum absolute atomic E-state index is 12.3. The first-order valence-corrected chi connectivity index (χ1v) is 9.19. The van der Waals surface area contributed by atoms with Crippen molar-refractivity contribution in [3.63, 3.8) is 0 Å². The van der Waals surface area contributed by atoms with Gasteiger partial charge in [0.1, 0.15) is 0 Å². The van der Waals surface area contributed by atoms with Gasteiger partial charge in [-0.3, -0.25) is 9.59 Å². The van der Waals surface area contributed by atoms with Crippen LogP contribution in [0.25, 0.3) is 0 Å². The van der Waals surface area contributed by atoms with Crippen LogP contribution in [0.3, 0.4) is 0 Å². The fourth-order valence-corrected chi connectivity index (χ4v) is 2.39. The summed E-state index contributed by atoms with van der Waals surface area (Å²) in [6.45, 7) is 12.0. The third kappa shape index (κ3) is 9.02. The van der Waals surface area contributed by atoms with E-state index < -0.39 is 18.0 Å². The number of nitrogens with one attached hydrogen (secondary N) is 1. The summed E-state index contributed by atoms with van der Waals surface area (Å²) in [5.74, 6) is -0.513. The fourth-order valence-electron chi connectivity index (χ4n) is 2.39. The van der Waals surface area contributed by atoms with Crippen LogP contribution in [0.15, 0.2) is 18.2 Å². The lowest BCUT2D eigenvalue weighted by molar-refractivity contribution is -0.139. The van der Waals surface area contributed by atoms with Crippen molar-refractivity contribution in [2.24, 2.45) is 10.8 Å². The summed E-state index contributed by atoms with van der Waals surface area (Å²) in [6.07, 6.45) is -0.326. The van der Waals surface area contributed by atoms with Gasteiger partial charge in [0.2, 0.25) is 0 Å². The van der Waals surface area contributed by atoms with Gasteiger partial charge >= 0.3 is 11.9 Å². The zero-order valence-corrected chi connectivity index (χ0v) is 17.5. The molecule has 0 heterocycles. The Balaban J connectivity index is 3.09. The van der Waals surface area contributed by atoms with Crippen LogP contribution in [-0.2, 0) is 9.59 Å². The van der Waals surface area contributed by atoms with Gasteiger partial charge in [0.15, 0.2) is 11.5 Å². The molecule has 0 aromatic heterocycles. The molecule has 1 rings (SSSR count). The van der Waals surface area contributed by atoms with Crippen LogP contribution in [0.4, 0.5) is 0 Å². The molecule has 1 aromatic rings. The van der Waals surface area contributed by atoms with Crippen LogP contribution < -0.4 is 14.8 Å². The van der Waals surface area contributed by atoms with Crippen molar-refractivity contribution in [3.05, 3.63) is 23.8 Å². The van der Waals surface area contributed by atoms with Crippen LogP contribution in [-0.4, -0.2) is 30.6 Å². The third-order valence-corrected chi connectivity index (χ3v) is 3.55. The first-order valence-electron chi connectivity index (χ1n) is 9.19. The Labute approximate surface area is 162 Å². The van der Waals surface area contributed by atoms with E-state index in [1.807, 2.05) is 41.5 Å². The highest BCUT2D eigenvalue weighted by molar-refractivity contribution is 5.77. The number of aliphatic hydroxyl groups excluding tert-OH is 1. The van der Waals surface area contributed by atoms with Gasteiger partial charge in [0, 0.05) is 6.54 Å². The summed E-state index contributed by atoms with van der Waals surface area (Å²) >= 11 is 0. The highest BCUT2D eigenvalue weighted by atomic mass is 16.6. The maximum Gasteiger partial charge on any atom is 0.311 e. The molecule has 0 bridgehead atoms. The predicted octanol–water partition coefficient (Wildman–Crippen LogP) is 3.62. The van der Waals surface area contributed by atoms with Gasteiger partial charge in [-0.15, -0.1) is 0 Å². The molecule has 0 saturated heterocycles. The molecule has 6 nitrogen and oxygen atoms in total. The third-order valence-electron chi connectivity index (χ3n) is 3.55. The molecule has 0 aliphatic heterocycles. The van der Waals surface area contributed by atoms with Crippen molar-refractivity contribution in [1.82, 2.24) is 5.32 Å². The number of aliphatic hydroxyl groups is 1. The van der Waals surface area contributed by atoms with E-state index in [0.717, 1.165) is 0 Å². The molecule has 2 N–H and O–H groups in total. The molecular weight excluding hydrogens is 346 g/mol. The molecule has 27 heavy (non-hydrogen) atoms. The molecule has 6 heteroatoms.